The molecule has 28 heavy (non-hydrogen) atoms. The van der Waals surface area contributed by atoms with Gasteiger partial charge in [0, 0.05) is 18.1 Å². The largest absolute Gasteiger partial charge is 0.496 e. The number of ether oxygens (including phenoxy) is 1. The van der Waals surface area contributed by atoms with E-state index in [2.05, 4.69) is 5.32 Å². The van der Waals surface area contributed by atoms with E-state index in [9.17, 15) is 14.4 Å². The lowest BCUT2D eigenvalue weighted by Crippen LogP contribution is -2.37. The highest BCUT2D eigenvalue weighted by molar-refractivity contribution is 8.18. The van der Waals surface area contributed by atoms with Crippen LogP contribution < -0.4 is 10.1 Å². The van der Waals surface area contributed by atoms with Crippen LogP contribution in [0.25, 0.3) is 6.08 Å². The zero-order chi connectivity index (χ0) is 20.1. The Balaban J connectivity index is 1.61. The third kappa shape index (κ3) is 4.55. The molecule has 1 aliphatic heterocycles. The molecule has 0 aliphatic carbocycles. The Morgan fingerprint density at radius 1 is 1.21 bits per heavy atom. The molecule has 6 nitrogen and oxygen atoms in total. The van der Waals surface area contributed by atoms with Crippen molar-refractivity contribution < 1.29 is 19.1 Å². The number of hydrogen-bond donors (Lipinski definition) is 1. The molecule has 1 heterocycles. The lowest BCUT2D eigenvalue weighted by molar-refractivity contribution is -0.122. The minimum absolute atomic E-state index is 0.0748. The molecule has 1 N–H and O–H groups in total. The van der Waals surface area contributed by atoms with Crippen molar-refractivity contribution in [3.8, 4) is 5.75 Å². The summed E-state index contributed by atoms with van der Waals surface area (Å²) in [4.78, 5) is 38.5. The summed E-state index contributed by atoms with van der Waals surface area (Å²) in [5, 5.41) is 2.73. The Hall–Kier alpha value is -2.77. The number of imide groups is 1. The highest BCUT2D eigenvalue weighted by Crippen LogP contribution is 2.31. The number of nitrogens with one attached hydrogen (secondary N) is 1. The SMILES string of the molecule is COc1ccc(Cl)cc1C(=O)NCCN1C(=O)S/C(=C\c2ccccc2)C1=O. The summed E-state index contributed by atoms with van der Waals surface area (Å²) in [7, 11) is 1.46. The van der Waals surface area contributed by atoms with Crippen molar-refractivity contribution in [3.05, 3.63) is 69.6 Å². The fourth-order valence-electron chi connectivity index (χ4n) is 2.63. The molecule has 3 rings (SSSR count). The lowest BCUT2D eigenvalue weighted by atomic mass is 10.2. The summed E-state index contributed by atoms with van der Waals surface area (Å²) < 4.78 is 5.16. The molecule has 0 unspecified atom stereocenters. The van der Waals surface area contributed by atoms with E-state index >= 15 is 0 Å². The number of hydrogen-bond acceptors (Lipinski definition) is 5. The smallest absolute Gasteiger partial charge is 0.293 e. The maximum Gasteiger partial charge on any atom is 0.293 e. The first kappa shape index (κ1) is 20.0. The highest BCUT2D eigenvalue weighted by Gasteiger charge is 2.34. The Morgan fingerprint density at radius 3 is 2.68 bits per heavy atom. The highest BCUT2D eigenvalue weighted by atomic mass is 35.5. The van der Waals surface area contributed by atoms with E-state index in [-0.39, 0.29) is 29.8 Å². The van der Waals surface area contributed by atoms with Crippen LogP contribution in [0.2, 0.25) is 5.02 Å². The average molecular weight is 417 g/mol. The van der Waals surface area contributed by atoms with Crippen LogP contribution in [-0.2, 0) is 4.79 Å². The first-order valence-electron chi connectivity index (χ1n) is 8.42. The number of thioether (sulfide) groups is 1. The first-order valence-corrected chi connectivity index (χ1v) is 9.61. The number of methoxy groups -OCH3 is 1. The molecule has 1 fully saturated rings. The van der Waals surface area contributed by atoms with Crippen LogP contribution in [0.4, 0.5) is 4.79 Å². The van der Waals surface area contributed by atoms with Gasteiger partial charge in [0.2, 0.25) is 0 Å². The molecule has 0 radical (unpaired) electrons. The fraction of sp³-hybridized carbons (Fsp3) is 0.150. The van der Waals surface area contributed by atoms with Gasteiger partial charge in [-0.1, -0.05) is 41.9 Å². The Morgan fingerprint density at radius 2 is 1.96 bits per heavy atom. The van der Waals surface area contributed by atoms with Crippen LogP contribution in [0.5, 0.6) is 5.75 Å². The summed E-state index contributed by atoms with van der Waals surface area (Å²) in [6.07, 6.45) is 1.68. The standard InChI is InChI=1S/C20H17ClN2O4S/c1-27-16-8-7-14(21)12-15(16)18(24)22-9-10-23-19(25)17(28-20(23)26)11-13-5-3-2-4-6-13/h2-8,11-12H,9-10H2,1H3,(H,22,24)/b17-11-. The second kappa shape index (κ2) is 8.95. The number of rotatable bonds is 6. The molecular weight excluding hydrogens is 400 g/mol. The monoisotopic (exact) mass is 416 g/mol. The van der Waals surface area contributed by atoms with Gasteiger partial charge in [-0.3, -0.25) is 19.3 Å². The molecule has 144 valence electrons. The van der Waals surface area contributed by atoms with Crippen molar-refractivity contribution in [2.24, 2.45) is 0 Å². The van der Waals surface area contributed by atoms with Gasteiger partial charge in [0.1, 0.15) is 5.75 Å². The fourth-order valence-corrected chi connectivity index (χ4v) is 3.66. The predicted molar refractivity (Wildman–Crippen MR) is 109 cm³/mol. The molecule has 8 heteroatoms. The van der Waals surface area contributed by atoms with Gasteiger partial charge in [0.25, 0.3) is 17.1 Å². The van der Waals surface area contributed by atoms with Gasteiger partial charge in [-0.05, 0) is 41.6 Å². The van der Waals surface area contributed by atoms with Crippen LogP contribution in [0.1, 0.15) is 15.9 Å². The predicted octanol–water partition coefficient (Wildman–Crippen LogP) is 3.81. The second-order valence-corrected chi connectivity index (χ2v) is 7.27. The molecule has 3 amide bonds. The van der Waals surface area contributed by atoms with Crippen molar-refractivity contribution in [1.82, 2.24) is 10.2 Å². The van der Waals surface area contributed by atoms with Crippen LogP contribution in [0, 0.1) is 0 Å². The van der Waals surface area contributed by atoms with Gasteiger partial charge < -0.3 is 10.1 Å². The van der Waals surface area contributed by atoms with E-state index in [0.717, 1.165) is 22.2 Å². The summed E-state index contributed by atoms with van der Waals surface area (Å²) in [5.41, 5.74) is 1.13. The minimum Gasteiger partial charge on any atom is -0.496 e. The molecular formula is C20H17ClN2O4S. The molecule has 0 atom stereocenters. The van der Waals surface area contributed by atoms with Gasteiger partial charge >= 0.3 is 0 Å². The van der Waals surface area contributed by atoms with E-state index in [4.69, 9.17) is 16.3 Å². The molecule has 2 aromatic rings. The Kier molecular flexibility index (Phi) is 6.38. The van der Waals surface area contributed by atoms with Gasteiger partial charge in [0.05, 0.1) is 17.6 Å². The van der Waals surface area contributed by atoms with Crippen LogP contribution >= 0.6 is 23.4 Å². The zero-order valence-corrected chi connectivity index (χ0v) is 16.5. The third-order valence-corrected chi connectivity index (χ3v) is 5.14. The van der Waals surface area contributed by atoms with Gasteiger partial charge in [0.15, 0.2) is 0 Å². The molecule has 1 aliphatic rings. The average Bonchev–Trinajstić information content (AvgIpc) is 2.96. The number of amides is 3. The molecule has 1 saturated heterocycles. The second-order valence-electron chi connectivity index (χ2n) is 5.84. The van der Waals surface area contributed by atoms with Crippen molar-refractivity contribution in [2.75, 3.05) is 20.2 Å². The summed E-state index contributed by atoms with van der Waals surface area (Å²) >= 11 is 6.82. The van der Waals surface area contributed by atoms with Gasteiger partial charge in [-0.15, -0.1) is 0 Å². The normalized spacial score (nSPS) is 15.2. The minimum atomic E-state index is -0.397. The number of halogens is 1. The molecule has 2 aromatic carbocycles. The van der Waals surface area contributed by atoms with Crippen molar-refractivity contribution in [1.29, 1.82) is 0 Å². The van der Waals surface area contributed by atoms with Crippen molar-refractivity contribution in [2.45, 2.75) is 0 Å². The van der Waals surface area contributed by atoms with Crippen molar-refractivity contribution in [3.63, 3.8) is 0 Å². The molecule has 0 aromatic heterocycles. The Bertz CT molecular complexity index is 946. The zero-order valence-electron chi connectivity index (χ0n) is 15.0. The molecule has 0 saturated carbocycles. The first-order chi connectivity index (χ1) is 13.5. The van der Waals surface area contributed by atoms with E-state index in [1.807, 2.05) is 30.3 Å². The third-order valence-electron chi connectivity index (χ3n) is 4.00. The maximum atomic E-state index is 12.5. The van der Waals surface area contributed by atoms with E-state index < -0.39 is 5.91 Å². The number of nitrogens with zero attached hydrogens (tertiary/aromatic N) is 1. The van der Waals surface area contributed by atoms with Crippen LogP contribution in [-0.4, -0.2) is 42.2 Å². The number of carbonyl (C=O) groups is 3. The van der Waals surface area contributed by atoms with Crippen LogP contribution in [0.3, 0.4) is 0 Å². The van der Waals surface area contributed by atoms with Crippen LogP contribution in [0.15, 0.2) is 53.4 Å². The summed E-state index contributed by atoms with van der Waals surface area (Å²) in [6, 6.07) is 14.0. The molecule has 0 spiro atoms. The van der Waals surface area contributed by atoms with E-state index in [1.54, 1.807) is 18.2 Å². The topological polar surface area (TPSA) is 75.7 Å². The quantitative estimate of drug-likeness (QED) is 0.724. The maximum absolute atomic E-state index is 12.5. The summed E-state index contributed by atoms with van der Waals surface area (Å²) in [6.45, 7) is 0.191. The van der Waals surface area contributed by atoms with Gasteiger partial charge in [-0.2, -0.15) is 0 Å². The lowest BCUT2D eigenvalue weighted by Gasteiger charge is -2.14. The number of benzene rings is 2. The molecule has 0 bridgehead atoms. The number of carbonyl (C=O) groups excluding carboxylic acids is 3. The van der Waals surface area contributed by atoms with Crippen molar-refractivity contribution >= 4 is 46.5 Å². The Labute approximate surface area is 171 Å². The van der Waals surface area contributed by atoms with Gasteiger partial charge in [-0.25, -0.2) is 0 Å². The van der Waals surface area contributed by atoms with E-state index in [1.165, 1.54) is 13.2 Å². The van der Waals surface area contributed by atoms with E-state index in [0.29, 0.717) is 15.7 Å². The summed E-state index contributed by atoms with van der Waals surface area (Å²) in [5.74, 6) is -0.376.